The Labute approximate surface area is 207 Å². The van der Waals surface area contributed by atoms with Gasteiger partial charge in [-0.2, -0.15) is 0 Å². The Morgan fingerprint density at radius 2 is 1.82 bits per heavy atom. The van der Waals surface area contributed by atoms with E-state index in [1.165, 1.54) is 11.8 Å². The van der Waals surface area contributed by atoms with E-state index in [1.54, 1.807) is 0 Å². The van der Waals surface area contributed by atoms with Crippen molar-refractivity contribution in [1.82, 2.24) is 15.3 Å². The highest BCUT2D eigenvalue weighted by Gasteiger charge is 2.23. The minimum Gasteiger partial charge on any atom is -0.353 e. The Kier molecular flexibility index (Phi) is 9.12. The maximum atomic E-state index is 11.6. The molecule has 34 heavy (non-hydrogen) atoms. The molecular weight excluding hydrogens is 444 g/mol. The van der Waals surface area contributed by atoms with E-state index in [9.17, 15) is 4.79 Å². The highest BCUT2D eigenvalue weighted by Crippen LogP contribution is 2.30. The van der Waals surface area contributed by atoms with Crippen molar-refractivity contribution in [3.63, 3.8) is 0 Å². The van der Waals surface area contributed by atoms with Gasteiger partial charge >= 0.3 is 0 Å². The van der Waals surface area contributed by atoms with Gasteiger partial charge in [0.05, 0.1) is 0 Å². The lowest BCUT2D eigenvalue weighted by Gasteiger charge is -2.37. The topological polar surface area (TPSA) is 82.2 Å². The second-order valence-corrected chi connectivity index (χ2v) is 9.83. The molecule has 2 heterocycles. The molecule has 0 radical (unpaired) electrons. The van der Waals surface area contributed by atoms with E-state index in [1.807, 2.05) is 50.3 Å². The zero-order valence-corrected chi connectivity index (χ0v) is 21.6. The minimum absolute atomic E-state index is 0.00109. The van der Waals surface area contributed by atoms with Gasteiger partial charge in [0.25, 0.3) is 0 Å². The molecule has 1 saturated heterocycles. The Hall–Kier alpha value is -2.84. The number of nitrogens with one attached hydrogen (secondary N) is 3. The first-order valence-corrected chi connectivity index (χ1v) is 12.7. The lowest BCUT2D eigenvalue weighted by atomic mass is 10.1. The van der Waals surface area contributed by atoms with Crippen LogP contribution in [0.2, 0.25) is 0 Å². The summed E-state index contributed by atoms with van der Waals surface area (Å²) in [5.41, 5.74) is 2.84. The summed E-state index contributed by atoms with van der Waals surface area (Å²) in [4.78, 5) is 24.7. The molecule has 1 amide bonds. The SMILES string of the molecule is C=C(C)/C=C(\CC)Nc1cc(N2CC(C)NC(C)C2)nc(Sc2ccc(NC(=O)CC)cc2)n1. The van der Waals surface area contributed by atoms with E-state index >= 15 is 0 Å². The Morgan fingerprint density at radius 3 is 2.41 bits per heavy atom. The number of hydrogen-bond donors (Lipinski definition) is 3. The molecule has 1 fully saturated rings. The Balaban J connectivity index is 1.89. The van der Waals surface area contributed by atoms with Crippen LogP contribution in [-0.4, -0.2) is 41.0 Å². The summed E-state index contributed by atoms with van der Waals surface area (Å²) in [7, 11) is 0. The number of benzene rings is 1. The average Bonchev–Trinajstić information content (AvgIpc) is 2.78. The number of rotatable bonds is 9. The summed E-state index contributed by atoms with van der Waals surface area (Å²) in [6.07, 6.45) is 3.35. The van der Waals surface area contributed by atoms with Gasteiger partial charge in [-0.3, -0.25) is 4.79 Å². The van der Waals surface area contributed by atoms with E-state index in [0.717, 1.165) is 53.0 Å². The molecule has 1 aromatic heterocycles. The van der Waals surface area contributed by atoms with Crippen molar-refractivity contribution in [2.75, 3.05) is 28.6 Å². The van der Waals surface area contributed by atoms with Crippen LogP contribution in [0, 0.1) is 0 Å². The number of hydrogen-bond acceptors (Lipinski definition) is 7. The highest BCUT2D eigenvalue weighted by molar-refractivity contribution is 7.99. The summed E-state index contributed by atoms with van der Waals surface area (Å²) in [5, 5.41) is 10.6. The number of aromatic nitrogens is 2. The molecule has 3 rings (SSSR count). The standard InChI is InChI=1S/C26H36N6OS/c1-7-20(13-17(3)4)28-23-14-24(32-15-18(5)27-19(6)16-32)31-26(30-23)34-22-11-9-21(10-12-22)29-25(33)8-2/h9-14,18-19,27H,3,7-8,15-16H2,1-2,4-6H3,(H,29,33)(H,28,30,31)/b20-13+. The smallest absolute Gasteiger partial charge is 0.224 e. The van der Waals surface area contributed by atoms with E-state index in [4.69, 9.17) is 9.97 Å². The fourth-order valence-electron chi connectivity index (χ4n) is 3.85. The lowest BCUT2D eigenvalue weighted by Crippen LogP contribution is -2.54. The molecule has 1 aliphatic heterocycles. The van der Waals surface area contributed by atoms with E-state index in [0.29, 0.717) is 23.7 Å². The third-order valence-electron chi connectivity index (χ3n) is 5.33. The van der Waals surface area contributed by atoms with Gasteiger partial charge in [0.1, 0.15) is 11.6 Å². The van der Waals surface area contributed by atoms with Gasteiger partial charge in [0, 0.05) is 53.9 Å². The predicted octanol–water partition coefficient (Wildman–Crippen LogP) is 5.44. The van der Waals surface area contributed by atoms with Crippen LogP contribution < -0.4 is 20.9 Å². The molecule has 3 N–H and O–H groups in total. The molecule has 0 spiro atoms. The summed E-state index contributed by atoms with van der Waals surface area (Å²) in [6.45, 7) is 16.1. The largest absolute Gasteiger partial charge is 0.353 e. The zero-order valence-electron chi connectivity index (χ0n) is 20.8. The van der Waals surface area contributed by atoms with Crippen molar-refractivity contribution in [3.8, 4) is 0 Å². The molecule has 7 nitrogen and oxygen atoms in total. The maximum absolute atomic E-state index is 11.6. The fraction of sp³-hybridized carbons (Fsp3) is 0.423. The normalized spacial score (nSPS) is 18.5. The number of amides is 1. The van der Waals surface area contributed by atoms with Crippen LogP contribution in [0.3, 0.4) is 0 Å². The van der Waals surface area contributed by atoms with Crippen molar-refractivity contribution in [1.29, 1.82) is 0 Å². The molecule has 0 aliphatic carbocycles. The van der Waals surface area contributed by atoms with Crippen molar-refractivity contribution in [3.05, 3.63) is 54.3 Å². The Bertz CT molecular complexity index is 1030. The van der Waals surface area contributed by atoms with E-state index in [-0.39, 0.29) is 5.91 Å². The van der Waals surface area contributed by atoms with Crippen molar-refractivity contribution in [2.24, 2.45) is 0 Å². The lowest BCUT2D eigenvalue weighted by molar-refractivity contribution is -0.115. The van der Waals surface area contributed by atoms with Gasteiger partial charge in [-0.25, -0.2) is 9.97 Å². The highest BCUT2D eigenvalue weighted by atomic mass is 32.2. The van der Waals surface area contributed by atoms with Gasteiger partial charge in [0.2, 0.25) is 5.91 Å². The monoisotopic (exact) mass is 480 g/mol. The summed E-state index contributed by atoms with van der Waals surface area (Å²) in [5.74, 6) is 1.69. The number of carbonyl (C=O) groups is 1. The van der Waals surface area contributed by atoms with Gasteiger partial charge in [0.15, 0.2) is 5.16 Å². The number of anilines is 3. The zero-order chi connectivity index (χ0) is 24.7. The summed E-state index contributed by atoms with van der Waals surface area (Å²) in [6, 6.07) is 10.6. The van der Waals surface area contributed by atoms with Crippen LogP contribution in [0.25, 0.3) is 0 Å². The molecule has 2 aromatic rings. The quantitative estimate of drug-likeness (QED) is 0.325. The van der Waals surface area contributed by atoms with Crippen LogP contribution in [-0.2, 0) is 4.79 Å². The van der Waals surface area contributed by atoms with E-state index < -0.39 is 0 Å². The average molecular weight is 481 g/mol. The second-order valence-electron chi connectivity index (χ2n) is 8.79. The first-order valence-electron chi connectivity index (χ1n) is 11.9. The molecule has 8 heteroatoms. The molecular formula is C26H36N6OS. The number of allylic oxidation sites excluding steroid dienone is 3. The number of nitrogens with zero attached hydrogens (tertiary/aromatic N) is 3. The van der Waals surface area contributed by atoms with Crippen LogP contribution in [0.4, 0.5) is 17.3 Å². The van der Waals surface area contributed by atoms with Gasteiger partial charge < -0.3 is 20.9 Å². The minimum atomic E-state index is 0.00109. The third-order valence-corrected chi connectivity index (χ3v) is 6.21. The van der Waals surface area contributed by atoms with E-state index in [2.05, 4.69) is 48.2 Å². The second kappa shape index (κ2) is 12.0. The summed E-state index contributed by atoms with van der Waals surface area (Å²) >= 11 is 1.51. The fourth-order valence-corrected chi connectivity index (χ4v) is 4.61. The van der Waals surface area contributed by atoms with Crippen molar-refractivity contribution >= 4 is 35.0 Å². The molecule has 182 valence electrons. The van der Waals surface area contributed by atoms with Crippen LogP contribution in [0.15, 0.2) is 64.3 Å². The van der Waals surface area contributed by atoms with Crippen molar-refractivity contribution in [2.45, 2.75) is 69.6 Å². The summed E-state index contributed by atoms with van der Waals surface area (Å²) < 4.78 is 0. The molecule has 1 aromatic carbocycles. The van der Waals surface area contributed by atoms with Crippen LogP contribution in [0.1, 0.15) is 47.5 Å². The predicted molar refractivity (Wildman–Crippen MR) is 143 cm³/mol. The number of carbonyl (C=O) groups excluding carboxylic acids is 1. The maximum Gasteiger partial charge on any atom is 0.224 e. The molecule has 1 aliphatic rings. The first-order chi connectivity index (χ1) is 16.2. The van der Waals surface area contributed by atoms with Crippen molar-refractivity contribution < 1.29 is 4.79 Å². The third kappa shape index (κ3) is 7.60. The van der Waals surface area contributed by atoms with Gasteiger partial charge in [-0.1, -0.05) is 26.0 Å². The molecule has 0 saturated carbocycles. The van der Waals surface area contributed by atoms with Crippen LogP contribution >= 0.6 is 11.8 Å². The van der Waals surface area contributed by atoms with Crippen LogP contribution in [0.5, 0.6) is 0 Å². The Morgan fingerprint density at radius 1 is 1.15 bits per heavy atom. The van der Waals surface area contributed by atoms with Gasteiger partial charge in [-0.15, -0.1) is 0 Å². The van der Waals surface area contributed by atoms with Gasteiger partial charge in [-0.05, 0) is 69.3 Å². The molecule has 2 unspecified atom stereocenters. The molecule has 2 atom stereocenters. The first kappa shape index (κ1) is 25.8. The number of piperazine rings is 1. The molecule has 0 bridgehead atoms.